The van der Waals surface area contributed by atoms with E-state index in [1.54, 1.807) is 6.08 Å². The van der Waals surface area contributed by atoms with E-state index in [1.165, 1.54) is 16.8 Å². The van der Waals surface area contributed by atoms with E-state index in [0.717, 1.165) is 43.2 Å². The van der Waals surface area contributed by atoms with Gasteiger partial charge in [-0.15, -0.1) is 0 Å². The van der Waals surface area contributed by atoms with Crippen LogP contribution in [0, 0.1) is 5.92 Å². The van der Waals surface area contributed by atoms with Crippen LogP contribution in [0.2, 0.25) is 0 Å². The molecule has 3 heterocycles. The zero-order valence-corrected chi connectivity index (χ0v) is 18.9. The van der Waals surface area contributed by atoms with Crippen LogP contribution in [0.25, 0.3) is 11.7 Å². The van der Waals surface area contributed by atoms with E-state index in [4.69, 9.17) is 0 Å². The standard InChI is InChI=1S/C23H31N5O4/c1-4-17-6-5-11-26(17)18(29)10-7-15-12-24-28-21(15)27(13-14(2)3)22(31)19(23(28)32)20(30)25-16-8-9-16/h7,10,12,14,16-17,31H,4-6,8-9,11,13H2,1-3H3,(H,25,30). The van der Waals surface area contributed by atoms with E-state index in [0.29, 0.717) is 17.8 Å². The number of amides is 2. The molecule has 32 heavy (non-hydrogen) atoms. The number of fused-ring (bicyclic) bond motifs is 1. The lowest BCUT2D eigenvalue weighted by molar-refractivity contribution is -0.126. The molecule has 2 fully saturated rings. The molecule has 2 aliphatic rings. The monoisotopic (exact) mass is 441 g/mol. The summed E-state index contributed by atoms with van der Waals surface area (Å²) in [5.74, 6) is -0.899. The number of hydrogen-bond acceptors (Lipinski definition) is 5. The number of nitrogens with one attached hydrogen (secondary N) is 1. The van der Waals surface area contributed by atoms with Gasteiger partial charge in [0.15, 0.2) is 5.56 Å². The fourth-order valence-electron chi connectivity index (χ4n) is 4.36. The van der Waals surface area contributed by atoms with Crippen molar-refractivity contribution in [3.63, 3.8) is 0 Å². The van der Waals surface area contributed by atoms with E-state index < -0.39 is 11.5 Å². The molecule has 0 spiro atoms. The number of nitrogens with zero attached hydrogens (tertiary/aromatic N) is 4. The van der Waals surface area contributed by atoms with Crippen molar-refractivity contribution < 1.29 is 14.7 Å². The first-order valence-electron chi connectivity index (χ1n) is 11.4. The number of likely N-dealkylation sites (tertiary alicyclic amines) is 1. The van der Waals surface area contributed by atoms with E-state index in [2.05, 4.69) is 17.3 Å². The first-order valence-corrected chi connectivity index (χ1v) is 11.4. The molecule has 1 aliphatic heterocycles. The summed E-state index contributed by atoms with van der Waals surface area (Å²) >= 11 is 0. The van der Waals surface area contributed by atoms with Crippen molar-refractivity contribution in [2.24, 2.45) is 5.92 Å². The predicted octanol–water partition coefficient (Wildman–Crippen LogP) is 2.16. The maximum absolute atomic E-state index is 13.0. The van der Waals surface area contributed by atoms with Gasteiger partial charge in [-0.05, 0) is 44.1 Å². The topological polar surface area (TPSA) is 109 Å². The van der Waals surface area contributed by atoms with Crippen LogP contribution < -0.4 is 10.9 Å². The normalized spacial score (nSPS) is 18.9. The fourth-order valence-corrected chi connectivity index (χ4v) is 4.36. The molecule has 2 N–H and O–H groups in total. The highest BCUT2D eigenvalue weighted by atomic mass is 16.3. The Balaban J connectivity index is 1.75. The van der Waals surface area contributed by atoms with Gasteiger partial charge in [0, 0.05) is 36.8 Å². The second-order valence-corrected chi connectivity index (χ2v) is 9.16. The Kier molecular flexibility index (Phi) is 6.08. The van der Waals surface area contributed by atoms with Gasteiger partial charge in [-0.1, -0.05) is 20.8 Å². The summed E-state index contributed by atoms with van der Waals surface area (Å²) < 4.78 is 2.68. The quantitative estimate of drug-likeness (QED) is 0.640. The maximum Gasteiger partial charge on any atom is 0.291 e. The van der Waals surface area contributed by atoms with Crippen LogP contribution in [0.3, 0.4) is 0 Å². The number of hydrogen-bond donors (Lipinski definition) is 2. The molecule has 1 saturated carbocycles. The highest BCUT2D eigenvalue weighted by Crippen LogP contribution is 2.25. The van der Waals surface area contributed by atoms with E-state index in [-0.39, 0.29) is 35.4 Å². The van der Waals surface area contributed by atoms with Crippen LogP contribution in [0.15, 0.2) is 17.1 Å². The summed E-state index contributed by atoms with van der Waals surface area (Å²) in [7, 11) is 0. The molecule has 1 aliphatic carbocycles. The molecular weight excluding hydrogens is 410 g/mol. The number of aromatic hydroxyl groups is 1. The summed E-state index contributed by atoms with van der Waals surface area (Å²) in [5, 5.41) is 17.9. The lowest BCUT2D eigenvalue weighted by Gasteiger charge is -2.21. The third kappa shape index (κ3) is 4.16. The van der Waals surface area contributed by atoms with Gasteiger partial charge >= 0.3 is 0 Å². The van der Waals surface area contributed by atoms with Gasteiger partial charge in [0.25, 0.3) is 11.5 Å². The molecule has 9 heteroatoms. The zero-order valence-electron chi connectivity index (χ0n) is 18.9. The van der Waals surface area contributed by atoms with Gasteiger partial charge < -0.3 is 15.3 Å². The smallest absolute Gasteiger partial charge is 0.291 e. The van der Waals surface area contributed by atoms with Gasteiger partial charge in [-0.25, -0.2) is 0 Å². The fraction of sp³-hybridized carbons (Fsp3) is 0.565. The second kappa shape index (κ2) is 8.80. The summed E-state index contributed by atoms with van der Waals surface area (Å²) in [6.45, 7) is 7.16. The SMILES string of the molecule is CCC1CCCN1C(=O)C=Cc1cnn2c(=O)c(C(=O)NC3CC3)c(O)n(CC(C)C)c12. The molecule has 1 unspecified atom stereocenters. The number of rotatable bonds is 7. The van der Waals surface area contributed by atoms with Gasteiger partial charge in [0.2, 0.25) is 11.8 Å². The summed E-state index contributed by atoms with van der Waals surface area (Å²) in [6, 6.07) is 0.307. The van der Waals surface area contributed by atoms with Crippen molar-refractivity contribution in [1.82, 2.24) is 24.4 Å². The van der Waals surface area contributed by atoms with Crippen molar-refractivity contribution in [2.75, 3.05) is 6.54 Å². The van der Waals surface area contributed by atoms with Crippen LogP contribution in [0.1, 0.15) is 68.8 Å². The Morgan fingerprint density at radius 2 is 2.06 bits per heavy atom. The van der Waals surface area contributed by atoms with Crippen LogP contribution in [-0.4, -0.2) is 54.6 Å². The minimum Gasteiger partial charge on any atom is -0.494 e. The molecule has 0 radical (unpaired) electrons. The van der Waals surface area contributed by atoms with Gasteiger partial charge in [0.05, 0.1) is 6.20 Å². The van der Waals surface area contributed by atoms with E-state index in [9.17, 15) is 19.5 Å². The Hall–Kier alpha value is -3.10. The molecular formula is C23H31N5O4. The molecule has 9 nitrogen and oxygen atoms in total. The van der Waals surface area contributed by atoms with Crippen molar-refractivity contribution in [3.8, 4) is 5.88 Å². The highest BCUT2D eigenvalue weighted by Gasteiger charge is 2.30. The predicted molar refractivity (Wildman–Crippen MR) is 121 cm³/mol. The average molecular weight is 442 g/mol. The molecule has 1 atom stereocenters. The summed E-state index contributed by atoms with van der Waals surface area (Å²) in [4.78, 5) is 40.3. The number of aromatic nitrogens is 3. The molecule has 1 saturated heterocycles. The van der Waals surface area contributed by atoms with E-state index in [1.807, 2.05) is 18.7 Å². The molecule has 0 bridgehead atoms. The Morgan fingerprint density at radius 3 is 2.72 bits per heavy atom. The third-order valence-electron chi connectivity index (χ3n) is 6.14. The van der Waals surface area contributed by atoms with Crippen molar-refractivity contribution in [1.29, 1.82) is 0 Å². The second-order valence-electron chi connectivity index (χ2n) is 9.16. The van der Waals surface area contributed by atoms with Gasteiger partial charge in [-0.2, -0.15) is 9.61 Å². The van der Waals surface area contributed by atoms with Crippen molar-refractivity contribution >= 4 is 23.5 Å². The number of carbonyl (C=O) groups is 2. The average Bonchev–Trinajstić information content (AvgIpc) is 3.26. The molecule has 2 aromatic heterocycles. The van der Waals surface area contributed by atoms with Gasteiger partial charge in [-0.3, -0.25) is 19.0 Å². The number of carbonyl (C=O) groups excluding carboxylic acids is 2. The maximum atomic E-state index is 13.0. The first-order chi connectivity index (χ1) is 15.3. The zero-order chi connectivity index (χ0) is 23.0. The van der Waals surface area contributed by atoms with Crippen molar-refractivity contribution in [3.05, 3.63) is 33.8 Å². The molecule has 0 aromatic carbocycles. The minimum atomic E-state index is -0.674. The van der Waals surface area contributed by atoms with Crippen molar-refractivity contribution in [2.45, 2.75) is 71.5 Å². The third-order valence-corrected chi connectivity index (χ3v) is 6.14. The lowest BCUT2D eigenvalue weighted by atomic mass is 10.1. The molecule has 2 amide bonds. The Morgan fingerprint density at radius 1 is 1.31 bits per heavy atom. The Labute approximate surface area is 186 Å². The molecule has 172 valence electrons. The summed E-state index contributed by atoms with van der Waals surface area (Å²) in [6.07, 6.45) is 9.30. The first kappa shape index (κ1) is 22.1. The van der Waals surface area contributed by atoms with Crippen LogP contribution in [0.5, 0.6) is 5.88 Å². The minimum absolute atomic E-state index is 0.0511. The Bertz CT molecular complexity index is 1130. The molecule has 2 aromatic rings. The largest absolute Gasteiger partial charge is 0.494 e. The molecule has 4 rings (SSSR count). The van der Waals surface area contributed by atoms with Crippen LogP contribution >= 0.6 is 0 Å². The van der Waals surface area contributed by atoms with Crippen LogP contribution in [-0.2, 0) is 11.3 Å². The lowest BCUT2D eigenvalue weighted by Crippen LogP contribution is -2.34. The summed E-state index contributed by atoms with van der Waals surface area (Å²) in [5.41, 5.74) is -0.0793. The van der Waals surface area contributed by atoms with E-state index >= 15 is 0 Å². The van der Waals surface area contributed by atoms with Crippen LogP contribution in [0.4, 0.5) is 0 Å². The highest BCUT2D eigenvalue weighted by molar-refractivity contribution is 5.97. The van der Waals surface area contributed by atoms with Gasteiger partial charge in [0.1, 0.15) is 5.65 Å².